The van der Waals surface area contributed by atoms with E-state index >= 15 is 0 Å². The highest BCUT2D eigenvalue weighted by Gasteiger charge is 2.28. The van der Waals surface area contributed by atoms with E-state index in [-0.39, 0.29) is 6.61 Å². The lowest BCUT2D eigenvalue weighted by Gasteiger charge is -2.32. The fourth-order valence-corrected chi connectivity index (χ4v) is 2.25. The SMILES string of the molecule is CCOc1ccccc1OCCN1CCOCC1C(=O)O. The number of carbonyl (C=O) groups is 1. The first-order chi connectivity index (χ1) is 10.2. The summed E-state index contributed by atoms with van der Waals surface area (Å²) in [6, 6.07) is 6.88. The van der Waals surface area contributed by atoms with Gasteiger partial charge in [-0.25, -0.2) is 0 Å². The molecule has 0 saturated carbocycles. The zero-order chi connectivity index (χ0) is 15.1. The van der Waals surface area contributed by atoms with Crippen LogP contribution in [0.2, 0.25) is 0 Å². The van der Waals surface area contributed by atoms with Crippen molar-refractivity contribution in [3.8, 4) is 11.5 Å². The van der Waals surface area contributed by atoms with Crippen molar-refractivity contribution in [1.29, 1.82) is 0 Å². The molecule has 0 aliphatic carbocycles. The quantitative estimate of drug-likeness (QED) is 0.816. The molecule has 1 heterocycles. The Labute approximate surface area is 124 Å². The van der Waals surface area contributed by atoms with E-state index in [0.717, 1.165) is 0 Å². The van der Waals surface area contributed by atoms with Gasteiger partial charge in [-0.3, -0.25) is 9.69 Å². The van der Waals surface area contributed by atoms with Crippen LogP contribution in [0.5, 0.6) is 11.5 Å². The van der Waals surface area contributed by atoms with Crippen LogP contribution in [0.25, 0.3) is 0 Å². The van der Waals surface area contributed by atoms with E-state index in [2.05, 4.69) is 0 Å². The van der Waals surface area contributed by atoms with E-state index in [1.54, 1.807) is 0 Å². The van der Waals surface area contributed by atoms with E-state index < -0.39 is 12.0 Å². The number of carboxylic acid groups (broad SMARTS) is 1. The number of ether oxygens (including phenoxy) is 3. The minimum Gasteiger partial charge on any atom is -0.490 e. The monoisotopic (exact) mass is 295 g/mol. The Kier molecular flexibility index (Phi) is 5.83. The number of para-hydroxylation sites is 2. The first-order valence-corrected chi connectivity index (χ1v) is 7.11. The molecule has 6 nitrogen and oxygen atoms in total. The van der Waals surface area contributed by atoms with Crippen LogP contribution in [-0.4, -0.2) is 61.5 Å². The van der Waals surface area contributed by atoms with Crippen molar-refractivity contribution >= 4 is 5.97 Å². The minimum atomic E-state index is -0.857. The van der Waals surface area contributed by atoms with E-state index in [0.29, 0.717) is 44.4 Å². The molecule has 21 heavy (non-hydrogen) atoms. The highest BCUT2D eigenvalue weighted by atomic mass is 16.5. The molecule has 0 spiro atoms. The molecule has 1 aromatic carbocycles. The van der Waals surface area contributed by atoms with Gasteiger partial charge in [0.15, 0.2) is 11.5 Å². The third-order valence-electron chi connectivity index (χ3n) is 3.31. The fraction of sp³-hybridized carbons (Fsp3) is 0.533. The molecule has 0 aromatic heterocycles. The lowest BCUT2D eigenvalue weighted by molar-refractivity contribution is -0.149. The maximum atomic E-state index is 11.2. The number of morpholine rings is 1. The second kappa shape index (κ2) is 7.85. The molecule has 0 radical (unpaired) electrons. The summed E-state index contributed by atoms with van der Waals surface area (Å²) >= 11 is 0. The van der Waals surface area contributed by atoms with Crippen LogP contribution in [0.15, 0.2) is 24.3 Å². The van der Waals surface area contributed by atoms with Gasteiger partial charge in [-0.15, -0.1) is 0 Å². The molecule has 1 aliphatic heterocycles. The standard InChI is InChI=1S/C15H21NO5/c1-2-20-13-5-3-4-6-14(13)21-10-8-16-7-9-19-11-12(16)15(17)18/h3-6,12H,2,7-11H2,1H3,(H,17,18). The average Bonchev–Trinajstić information content (AvgIpc) is 2.49. The van der Waals surface area contributed by atoms with Crippen molar-refractivity contribution in [3.05, 3.63) is 24.3 Å². The zero-order valence-electron chi connectivity index (χ0n) is 12.2. The van der Waals surface area contributed by atoms with E-state index in [9.17, 15) is 4.79 Å². The predicted octanol–water partition coefficient (Wildman–Crippen LogP) is 1.25. The van der Waals surface area contributed by atoms with Crippen molar-refractivity contribution in [2.75, 3.05) is 39.5 Å². The summed E-state index contributed by atoms with van der Waals surface area (Å²) in [5.74, 6) is 0.528. The van der Waals surface area contributed by atoms with Crippen LogP contribution in [0, 0.1) is 0 Å². The number of benzene rings is 1. The smallest absolute Gasteiger partial charge is 0.323 e. The predicted molar refractivity (Wildman–Crippen MR) is 76.9 cm³/mol. The van der Waals surface area contributed by atoms with E-state index in [1.165, 1.54) is 0 Å². The van der Waals surface area contributed by atoms with Gasteiger partial charge in [0, 0.05) is 13.1 Å². The summed E-state index contributed by atoms with van der Waals surface area (Å²) in [4.78, 5) is 13.0. The molecular formula is C15H21NO5. The van der Waals surface area contributed by atoms with Crippen molar-refractivity contribution in [2.24, 2.45) is 0 Å². The van der Waals surface area contributed by atoms with Gasteiger partial charge in [0.25, 0.3) is 0 Å². The first-order valence-electron chi connectivity index (χ1n) is 7.11. The maximum Gasteiger partial charge on any atom is 0.323 e. The van der Waals surface area contributed by atoms with Crippen LogP contribution in [0.1, 0.15) is 6.92 Å². The number of aliphatic carboxylic acids is 1. The summed E-state index contributed by atoms with van der Waals surface area (Å²) in [7, 11) is 0. The Hall–Kier alpha value is -1.79. The van der Waals surface area contributed by atoms with Gasteiger partial charge < -0.3 is 19.3 Å². The number of hydrogen-bond acceptors (Lipinski definition) is 5. The van der Waals surface area contributed by atoms with Gasteiger partial charge in [-0.05, 0) is 19.1 Å². The summed E-state index contributed by atoms with van der Waals surface area (Å²) in [6.07, 6.45) is 0. The Morgan fingerprint density at radius 3 is 2.76 bits per heavy atom. The molecule has 0 bridgehead atoms. The molecule has 1 aliphatic rings. The van der Waals surface area contributed by atoms with Gasteiger partial charge in [0.2, 0.25) is 0 Å². The number of hydrogen-bond donors (Lipinski definition) is 1. The van der Waals surface area contributed by atoms with Crippen molar-refractivity contribution in [3.63, 3.8) is 0 Å². The molecule has 116 valence electrons. The molecule has 1 aromatic rings. The van der Waals surface area contributed by atoms with E-state index in [1.807, 2.05) is 36.1 Å². The van der Waals surface area contributed by atoms with Crippen molar-refractivity contribution in [1.82, 2.24) is 4.90 Å². The topological polar surface area (TPSA) is 68.2 Å². The van der Waals surface area contributed by atoms with Gasteiger partial charge in [0.1, 0.15) is 12.6 Å². The molecule has 1 fully saturated rings. The first kappa shape index (κ1) is 15.6. The second-order valence-corrected chi connectivity index (χ2v) is 4.69. The van der Waals surface area contributed by atoms with Crippen LogP contribution in [0.3, 0.4) is 0 Å². The third-order valence-corrected chi connectivity index (χ3v) is 3.31. The average molecular weight is 295 g/mol. The Balaban J connectivity index is 1.87. The van der Waals surface area contributed by atoms with Crippen LogP contribution < -0.4 is 9.47 Å². The molecule has 1 saturated heterocycles. The maximum absolute atomic E-state index is 11.2. The molecule has 2 rings (SSSR count). The normalized spacial score (nSPS) is 19.2. The molecule has 0 amide bonds. The van der Waals surface area contributed by atoms with Gasteiger partial charge in [-0.2, -0.15) is 0 Å². The molecular weight excluding hydrogens is 274 g/mol. The van der Waals surface area contributed by atoms with Crippen LogP contribution in [0.4, 0.5) is 0 Å². The Morgan fingerprint density at radius 1 is 1.38 bits per heavy atom. The van der Waals surface area contributed by atoms with Gasteiger partial charge in [0.05, 0.1) is 19.8 Å². The molecule has 1 unspecified atom stereocenters. The number of nitrogens with zero attached hydrogens (tertiary/aromatic N) is 1. The van der Waals surface area contributed by atoms with Gasteiger partial charge in [-0.1, -0.05) is 12.1 Å². The van der Waals surface area contributed by atoms with Crippen molar-refractivity contribution < 1.29 is 24.1 Å². The largest absolute Gasteiger partial charge is 0.490 e. The highest BCUT2D eigenvalue weighted by molar-refractivity contribution is 5.73. The van der Waals surface area contributed by atoms with Crippen LogP contribution >= 0.6 is 0 Å². The molecule has 1 atom stereocenters. The third kappa shape index (κ3) is 4.34. The van der Waals surface area contributed by atoms with Gasteiger partial charge >= 0.3 is 5.97 Å². The molecule has 6 heteroatoms. The zero-order valence-corrected chi connectivity index (χ0v) is 12.2. The lowest BCUT2D eigenvalue weighted by atomic mass is 10.2. The summed E-state index contributed by atoms with van der Waals surface area (Å²) < 4.78 is 16.4. The van der Waals surface area contributed by atoms with E-state index in [4.69, 9.17) is 19.3 Å². The summed E-state index contributed by atoms with van der Waals surface area (Å²) in [6.45, 7) is 4.83. The summed E-state index contributed by atoms with van der Waals surface area (Å²) in [5.41, 5.74) is 0. The number of rotatable bonds is 7. The second-order valence-electron chi connectivity index (χ2n) is 4.69. The number of carboxylic acids is 1. The summed E-state index contributed by atoms with van der Waals surface area (Å²) in [5, 5.41) is 9.16. The minimum absolute atomic E-state index is 0.227. The highest BCUT2D eigenvalue weighted by Crippen LogP contribution is 2.26. The Bertz CT molecular complexity index is 465. The Morgan fingerprint density at radius 2 is 2.10 bits per heavy atom. The fourth-order valence-electron chi connectivity index (χ4n) is 2.25. The lowest BCUT2D eigenvalue weighted by Crippen LogP contribution is -2.51. The molecule has 1 N–H and O–H groups in total. The van der Waals surface area contributed by atoms with Crippen LogP contribution in [-0.2, 0) is 9.53 Å². The van der Waals surface area contributed by atoms with Crippen molar-refractivity contribution in [2.45, 2.75) is 13.0 Å².